The van der Waals surface area contributed by atoms with Gasteiger partial charge in [0.05, 0.1) is 23.2 Å². The van der Waals surface area contributed by atoms with Crippen molar-refractivity contribution in [3.05, 3.63) is 52.7 Å². The van der Waals surface area contributed by atoms with Crippen LogP contribution >= 0.6 is 11.6 Å². The number of aromatic nitrogens is 1. The summed E-state index contributed by atoms with van der Waals surface area (Å²) in [4.78, 5) is 34.4. The summed E-state index contributed by atoms with van der Waals surface area (Å²) in [6.07, 6.45) is 8.07. The van der Waals surface area contributed by atoms with Gasteiger partial charge in [0.2, 0.25) is 0 Å². The van der Waals surface area contributed by atoms with Crippen molar-refractivity contribution >= 4 is 34.5 Å². The maximum atomic E-state index is 13.4. The Hall–Kier alpha value is -2.60. The zero-order chi connectivity index (χ0) is 22.2. The van der Waals surface area contributed by atoms with Gasteiger partial charge in [-0.2, -0.15) is 0 Å². The lowest BCUT2D eigenvalue weighted by molar-refractivity contribution is -0.0123. The van der Waals surface area contributed by atoms with Gasteiger partial charge < -0.3 is 14.5 Å². The summed E-state index contributed by atoms with van der Waals surface area (Å²) in [7, 11) is 0. The van der Waals surface area contributed by atoms with E-state index >= 15 is 0 Å². The van der Waals surface area contributed by atoms with Crippen molar-refractivity contribution in [3.63, 3.8) is 0 Å². The number of carbonyl (C=O) groups excluding carboxylic acids is 2. The molecule has 3 fully saturated rings. The van der Waals surface area contributed by atoms with Gasteiger partial charge in [-0.25, -0.2) is 4.79 Å². The Labute approximate surface area is 193 Å². The highest BCUT2D eigenvalue weighted by molar-refractivity contribution is 6.36. The first kappa shape index (κ1) is 21.3. The quantitative estimate of drug-likeness (QED) is 0.494. The molecular formula is C25H28ClN3O3. The summed E-state index contributed by atoms with van der Waals surface area (Å²) in [5.74, 6) is -0.00285. The van der Waals surface area contributed by atoms with Gasteiger partial charge >= 0.3 is 6.09 Å². The van der Waals surface area contributed by atoms with Crippen LogP contribution in [0.1, 0.15) is 53.7 Å². The van der Waals surface area contributed by atoms with Gasteiger partial charge in [-0.3, -0.25) is 9.78 Å². The Morgan fingerprint density at radius 1 is 1.16 bits per heavy atom. The number of pyridine rings is 1. The minimum atomic E-state index is -0.289. The van der Waals surface area contributed by atoms with E-state index in [1.54, 1.807) is 11.0 Å². The lowest BCUT2D eigenvalue weighted by Crippen LogP contribution is -2.65. The molecule has 6 nitrogen and oxygen atoms in total. The number of fused-ring (bicyclic) bond motifs is 5. The van der Waals surface area contributed by atoms with Gasteiger partial charge in [-0.1, -0.05) is 23.7 Å². The number of benzene rings is 1. The molecule has 2 bridgehead atoms. The normalized spacial score (nSPS) is 22.0. The molecule has 1 aliphatic carbocycles. The van der Waals surface area contributed by atoms with Crippen molar-refractivity contribution < 1.29 is 14.3 Å². The van der Waals surface area contributed by atoms with E-state index in [0.29, 0.717) is 31.7 Å². The monoisotopic (exact) mass is 453 g/mol. The highest BCUT2D eigenvalue weighted by Crippen LogP contribution is 2.34. The molecule has 2 atom stereocenters. The van der Waals surface area contributed by atoms with Crippen LogP contribution in [0.2, 0.25) is 5.02 Å². The van der Waals surface area contributed by atoms with Crippen LogP contribution in [0.3, 0.4) is 0 Å². The number of nitrogens with zero attached hydrogens (tertiary/aromatic N) is 3. The first-order chi connectivity index (χ1) is 15.6. The fraction of sp³-hybridized carbons (Fsp3) is 0.480. The molecule has 2 unspecified atom stereocenters. The molecular weight excluding hydrogens is 426 g/mol. The second kappa shape index (κ2) is 8.74. The first-order valence-electron chi connectivity index (χ1n) is 11.5. The van der Waals surface area contributed by atoms with E-state index in [2.05, 4.69) is 6.58 Å². The molecule has 6 rings (SSSR count). The summed E-state index contributed by atoms with van der Waals surface area (Å²) in [5, 5.41) is 1.70. The molecule has 2 amide bonds. The van der Waals surface area contributed by atoms with E-state index in [0.717, 1.165) is 65.7 Å². The second-order valence-corrected chi connectivity index (χ2v) is 9.35. The predicted molar refractivity (Wildman–Crippen MR) is 124 cm³/mol. The average molecular weight is 454 g/mol. The van der Waals surface area contributed by atoms with Crippen molar-refractivity contribution in [3.8, 4) is 0 Å². The van der Waals surface area contributed by atoms with Crippen molar-refractivity contribution in [2.24, 2.45) is 0 Å². The SMILES string of the molecule is C=CCCOC(=O)N1CC2CCC1CN2C(=O)c1ccc2c(Cl)c3c(nc2c1)CCCC3. The number of ether oxygens (including phenoxy) is 1. The van der Waals surface area contributed by atoms with Crippen LogP contribution in [-0.4, -0.2) is 58.6 Å². The van der Waals surface area contributed by atoms with Crippen molar-refractivity contribution in [1.29, 1.82) is 0 Å². The van der Waals surface area contributed by atoms with Crippen LogP contribution in [0.4, 0.5) is 4.79 Å². The molecule has 0 spiro atoms. The number of rotatable bonds is 4. The van der Waals surface area contributed by atoms with Gasteiger partial charge in [0.25, 0.3) is 5.91 Å². The zero-order valence-corrected chi connectivity index (χ0v) is 18.9. The summed E-state index contributed by atoms with van der Waals surface area (Å²) in [6.45, 7) is 5.05. The lowest BCUT2D eigenvalue weighted by atomic mass is 9.90. The number of hydrogen-bond donors (Lipinski definition) is 0. The maximum Gasteiger partial charge on any atom is 0.410 e. The van der Waals surface area contributed by atoms with E-state index < -0.39 is 0 Å². The fourth-order valence-electron chi connectivity index (χ4n) is 5.28. The summed E-state index contributed by atoms with van der Waals surface area (Å²) < 4.78 is 5.35. The first-order valence-corrected chi connectivity index (χ1v) is 11.9. The third-order valence-corrected chi connectivity index (χ3v) is 7.44. The zero-order valence-electron chi connectivity index (χ0n) is 18.2. The molecule has 3 saturated heterocycles. The molecule has 1 aromatic heterocycles. The number of hydrogen-bond acceptors (Lipinski definition) is 4. The van der Waals surface area contributed by atoms with E-state index in [4.69, 9.17) is 21.3 Å². The van der Waals surface area contributed by atoms with Gasteiger partial charge in [0.1, 0.15) is 0 Å². The Morgan fingerprint density at radius 2 is 1.91 bits per heavy atom. The third-order valence-electron chi connectivity index (χ3n) is 7.01. The summed E-state index contributed by atoms with van der Waals surface area (Å²) >= 11 is 6.69. The Morgan fingerprint density at radius 3 is 2.66 bits per heavy atom. The predicted octanol–water partition coefficient (Wildman–Crippen LogP) is 4.77. The minimum absolute atomic E-state index is 0.000209. The molecule has 0 radical (unpaired) electrons. The van der Waals surface area contributed by atoms with Crippen molar-refractivity contribution in [2.45, 2.75) is 57.0 Å². The number of piperidine rings is 2. The highest BCUT2D eigenvalue weighted by Gasteiger charge is 2.43. The number of amides is 2. The molecule has 4 heterocycles. The average Bonchev–Trinajstić information content (AvgIpc) is 2.83. The molecule has 0 N–H and O–H groups in total. The van der Waals surface area contributed by atoms with E-state index in [-0.39, 0.29) is 24.1 Å². The topological polar surface area (TPSA) is 62.7 Å². The van der Waals surface area contributed by atoms with Crippen LogP contribution in [0, 0.1) is 0 Å². The smallest absolute Gasteiger partial charge is 0.410 e. The van der Waals surface area contributed by atoms with Crippen LogP contribution < -0.4 is 0 Å². The van der Waals surface area contributed by atoms with Crippen LogP contribution in [0.25, 0.3) is 10.9 Å². The Bertz CT molecular complexity index is 1090. The van der Waals surface area contributed by atoms with Crippen molar-refractivity contribution in [2.75, 3.05) is 19.7 Å². The van der Waals surface area contributed by atoms with Gasteiger partial charge in [-0.15, -0.1) is 6.58 Å². The number of carbonyl (C=O) groups is 2. The molecule has 32 heavy (non-hydrogen) atoms. The molecule has 3 aliphatic heterocycles. The molecule has 4 aliphatic rings. The second-order valence-electron chi connectivity index (χ2n) is 8.98. The number of aryl methyl sites for hydroxylation is 1. The van der Waals surface area contributed by atoms with Gasteiger partial charge in [0, 0.05) is 35.8 Å². The number of halogens is 1. The molecule has 7 heteroatoms. The molecule has 168 valence electrons. The van der Waals surface area contributed by atoms with Gasteiger partial charge in [0.15, 0.2) is 0 Å². The standard InChI is InChI=1S/C25H28ClN3O3/c1-2-3-12-32-25(31)29-15-17-9-10-18(29)14-28(17)24(30)16-8-11-20-22(13-16)27-21-7-5-4-6-19(21)23(20)26/h2,8,11,13,17-18H,1,3-7,9-10,12,14-15H2. The van der Waals surface area contributed by atoms with Crippen LogP contribution in [0.15, 0.2) is 30.9 Å². The number of piperazine rings is 1. The van der Waals surface area contributed by atoms with Crippen molar-refractivity contribution in [1.82, 2.24) is 14.8 Å². The minimum Gasteiger partial charge on any atom is -0.449 e. The lowest BCUT2D eigenvalue weighted by Gasteiger charge is -2.50. The molecule has 1 aromatic carbocycles. The Kier molecular flexibility index (Phi) is 5.80. The van der Waals surface area contributed by atoms with E-state index in [1.807, 2.05) is 23.1 Å². The molecule has 0 saturated carbocycles. The summed E-state index contributed by atoms with van der Waals surface area (Å²) in [5.41, 5.74) is 3.65. The van der Waals surface area contributed by atoms with Gasteiger partial charge in [-0.05, 0) is 62.6 Å². The largest absolute Gasteiger partial charge is 0.449 e. The van der Waals surface area contributed by atoms with E-state index in [9.17, 15) is 9.59 Å². The maximum absolute atomic E-state index is 13.4. The Balaban J connectivity index is 1.35. The highest BCUT2D eigenvalue weighted by atomic mass is 35.5. The van der Waals surface area contributed by atoms with Crippen LogP contribution in [-0.2, 0) is 17.6 Å². The summed E-state index contributed by atoms with van der Waals surface area (Å²) in [6, 6.07) is 5.67. The van der Waals surface area contributed by atoms with E-state index in [1.165, 1.54) is 0 Å². The van der Waals surface area contributed by atoms with Crippen LogP contribution in [0.5, 0.6) is 0 Å². The third kappa shape index (κ3) is 3.75. The fourth-order valence-corrected chi connectivity index (χ4v) is 5.64. The molecule has 2 aromatic rings.